The molecule has 2 heterocycles. The molecule has 0 saturated carbocycles. The van der Waals surface area contributed by atoms with Crippen molar-refractivity contribution in [3.8, 4) is 23.1 Å². The summed E-state index contributed by atoms with van der Waals surface area (Å²) < 4.78 is 23.1. The number of hydrogen-bond acceptors (Lipinski definition) is 8. The molecule has 1 aliphatic rings. The van der Waals surface area contributed by atoms with Crippen LogP contribution in [0, 0.1) is 0 Å². The maximum Gasteiger partial charge on any atom is 0.512 e. The highest BCUT2D eigenvalue weighted by atomic mass is 35.5. The number of nitrogens with zero attached hydrogens (tertiary/aromatic N) is 2. The Hall–Kier alpha value is -3.47. The lowest BCUT2D eigenvalue weighted by molar-refractivity contribution is 0.139. The number of halogens is 1. The molecule has 0 atom stereocenters. The van der Waals surface area contributed by atoms with Crippen molar-refractivity contribution >= 4 is 41.3 Å². The molecule has 11 heteroatoms. The molecule has 0 radical (unpaired) electrons. The highest BCUT2D eigenvalue weighted by Crippen LogP contribution is 2.42. The van der Waals surface area contributed by atoms with Gasteiger partial charge in [0, 0.05) is 20.9 Å². The van der Waals surface area contributed by atoms with Gasteiger partial charge in [0.2, 0.25) is 12.7 Å². The van der Waals surface area contributed by atoms with Crippen molar-refractivity contribution < 1.29 is 28.8 Å². The average molecular weight is 543 g/mol. The molecule has 0 spiro atoms. The van der Waals surface area contributed by atoms with Gasteiger partial charge in [0.25, 0.3) is 0 Å². The fraction of sp³-hybridized carbons (Fsp3) is 0.120. The molecule has 1 N–H and O–H groups in total. The normalized spacial score (nSPS) is 11.9. The molecule has 0 amide bonds. The minimum absolute atomic E-state index is 0.0930. The number of methoxy groups -OCH3 is 1. The van der Waals surface area contributed by atoms with E-state index in [1.54, 1.807) is 23.8 Å². The Labute approximate surface area is 220 Å². The van der Waals surface area contributed by atoms with Crippen LogP contribution in [0.3, 0.4) is 0 Å². The van der Waals surface area contributed by atoms with Gasteiger partial charge < -0.3 is 24.1 Å². The fourth-order valence-electron chi connectivity index (χ4n) is 3.46. The van der Waals surface area contributed by atoms with E-state index in [-0.39, 0.29) is 19.2 Å². The molecule has 0 fully saturated rings. The number of benzene rings is 3. The topological polar surface area (TPSA) is 92.0 Å². The number of carbonyl (C=O) groups is 1. The summed E-state index contributed by atoms with van der Waals surface area (Å²) >= 11 is 9.22. The van der Waals surface area contributed by atoms with E-state index in [1.807, 2.05) is 54.6 Å². The van der Waals surface area contributed by atoms with Gasteiger partial charge in [-0.1, -0.05) is 53.3 Å². The van der Waals surface area contributed by atoms with Crippen molar-refractivity contribution in [3.63, 3.8) is 0 Å². The molecule has 1 aliphatic heterocycles. The van der Waals surface area contributed by atoms with Gasteiger partial charge in [-0.3, -0.25) is 4.57 Å². The van der Waals surface area contributed by atoms with Crippen molar-refractivity contribution in [2.75, 3.05) is 13.9 Å². The first kappa shape index (κ1) is 24.2. The molecule has 4 aromatic rings. The van der Waals surface area contributed by atoms with E-state index >= 15 is 0 Å². The highest BCUT2D eigenvalue weighted by Gasteiger charge is 2.25. The first-order valence-corrected chi connectivity index (χ1v) is 12.7. The molecule has 0 saturated heterocycles. The molecule has 36 heavy (non-hydrogen) atoms. The minimum atomic E-state index is -1.44. The summed E-state index contributed by atoms with van der Waals surface area (Å²) in [6.45, 7) is 0.314. The van der Waals surface area contributed by atoms with Crippen molar-refractivity contribution in [2.24, 2.45) is 0 Å². The van der Waals surface area contributed by atoms with Gasteiger partial charge in [0.15, 0.2) is 21.7 Å². The SMILES string of the molecule is COc1ccc(Sc2nc(Sc3ccccc3)n(Cc3cc4c(cc3Cl)OCO4)c2OC(=O)O)cc1. The zero-order chi connectivity index (χ0) is 25.1. The van der Waals surface area contributed by atoms with E-state index in [0.29, 0.717) is 38.0 Å². The van der Waals surface area contributed by atoms with Gasteiger partial charge >= 0.3 is 6.16 Å². The molecular formula is C25H19ClN2O6S2. The van der Waals surface area contributed by atoms with Crippen LogP contribution in [0.5, 0.6) is 23.1 Å². The van der Waals surface area contributed by atoms with E-state index in [4.69, 9.17) is 35.5 Å². The van der Waals surface area contributed by atoms with E-state index in [2.05, 4.69) is 0 Å². The second kappa shape index (κ2) is 10.7. The molecule has 0 aliphatic carbocycles. The Kier molecular flexibility index (Phi) is 7.17. The minimum Gasteiger partial charge on any atom is -0.497 e. The molecule has 184 valence electrons. The van der Waals surface area contributed by atoms with Gasteiger partial charge in [-0.05, 0) is 48.0 Å². The monoisotopic (exact) mass is 542 g/mol. The molecule has 1 aromatic heterocycles. The first-order valence-electron chi connectivity index (χ1n) is 10.6. The number of fused-ring (bicyclic) bond motifs is 1. The smallest absolute Gasteiger partial charge is 0.497 e. The zero-order valence-corrected chi connectivity index (χ0v) is 21.2. The highest BCUT2D eigenvalue weighted by molar-refractivity contribution is 8.00. The summed E-state index contributed by atoms with van der Waals surface area (Å²) in [5.74, 6) is 1.94. The quantitative estimate of drug-likeness (QED) is 0.245. The van der Waals surface area contributed by atoms with Crippen LogP contribution in [-0.2, 0) is 6.54 Å². The lowest BCUT2D eigenvalue weighted by Gasteiger charge is -2.13. The number of carboxylic acid groups (broad SMARTS) is 1. The standard InChI is InChI=1S/C25H19ClN2O6S2/c1-31-16-7-9-18(10-8-16)35-22-23(34-25(29)30)28(24(27-22)36-17-5-3-2-4-6-17)13-15-11-20-21(12-19(15)26)33-14-32-20/h2-12H,13-14H2,1H3,(H,29,30). The van der Waals surface area contributed by atoms with Gasteiger partial charge in [-0.2, -0.15) is 0 Å². The van der Waals surface area contributed by atoms with Crippen LogP contribution in [0.4, 0.5) is 4.79 Å². The van der Waals surface area contributed by atoms with Crippen molar-refractivity contribution in [2.45, 2.75) is 26.5 Å². The molecule has 0 unspecified atom stereocenters. The predicted octanol–water partition coefficient (Wildman–Crippen LogP) is 6.68. The maximum atomic E-state index is 11.7. The fourth-order valence-corrected chi connectivity index (χ4v) is 5.50. The van der Waals surface area contributed by atoms with Gasteiger partial charge in [-0.25, -0.2) is 9.78 Å². The van der Waals surface area contributed by atoms with Crippen LogP contribution < -0.4 is 18.9 Å². The van der Waals surface area contributed by atoms with E-state index in [1.165, 1.54) is 23.5 Å². The number of aromatic nitrogens is 2. The van der Waals surface area contributed by atoms with E-state index in [9.17, 15) is 9.90 Å². The number of rotatable bonds is 8. The molecule has 8 nitrogen and oxygen atoms in total. The number of hydrogen-bond donors (Lipinski definition) is 1. The van der Waals surface area contributed by atoms with Crippen molar-refractivity contribution in [1.82, 2.24) is 9.55 Å². The number of ether oxygens (including phenoxy) is 4. The summed E-state index contributed by atoms with van der Waals surface area (Å²) in [6.07, 6.45) is -1.44. The van der Waals surface area contributed by atoms with E-state index in [0.717, 1.165) is 9.79 Å². The summed E-state index contributed by atoms with van der Waals surface area (Å²) in [5, 5.41) is 10.9. The molecule has 0 bridgehead atoms. The van der Waals surface area contributed by atoms with Crippen LogP contribution in [0.2, 0.25) is 5.02 Å². The lowest BCUT2D eigenvalue weighted by atomic mass is 10.2. The first-order chi connectivity index (χ1) is 17.5. The second-order valence-electron chi connectivity index (χ2n) is 7.45. The number of imidazole rings is 1. The Morgan fingerprint density at radius 3 is 2.44 bits per heavy atom. The summed E-state index contributed by atoms with van der Waals surface area (Å²) in [7, 11) is 1.59. The van der Waals surface area contributed by atoms with E-state index < -0.39 is 6.16 Å². The van der Waals surface area contributed by atoms with Gasteiger partial charge in [-0.15, -0.1) is 0 Å². The molecular weight excluding hydrogens is 524 g/mol. The third kappa shape index (κ3) is 5.35. The average Bonchev–Trinajstić information content (AvgIpc) is 3.44. The lowest BCUT2D eigenvalue weighted by Crippen LogP contribution is -2.11. The van der Waals surface area contributed by atoms with Crippen LogP contribution >= 0.6 is 35.1 Å². The summed E-state index contributed by atoms with van der Waals surface area (Å²) in [6, 6.07) is 20.5. The Morgan fingerprint density at radius 2 is 1.75 bits per heavy atom. The second-order valence-corrected chi connectivity index (χ2v) is 9.96. The third-order valence-electron chi connectivity index (χ3n) is 5.14. The predicted molar refractivity (Wildman–Crippen MR) is 135 cm³/mol. The van der Waals surface area contributed by atoms with Crippen molar-refractivity contribution in [1.29, 1.82) is 0 Å². The summed E-state index contributed by atoms with van der Waals surface area (Å²) in [4.78, 5) is 18.2. The van der Waals surface area contributed by atoms with Gasteiger partial charge in [0.1, 0.15) is 5.75 Å². The Bertz CT molecular complexity index is 1400. The van der Waals surface area contributed by atoms with Crippen LogP contribution in [0.25, 0.3) is 0 Å². The van der Waals surface area contributed by atoms with Gasteiger partial charge in [0.05, 0.1) is 13.7 Å². The zero-order valence-electron chi connectivity index (χ0n) is 18.8. The van der Waals surface area contributed by atoms with Crippen molar-refractivity contribution in [3.05, 3.63) is 77.3 Å². The molecule has 3 aromatic carbocycles. The Morgan fingerprint density at radius 1 is 1.06 bits per heavy atom. The van der Waals surface area contributed by atoms with Crippen LogP contribution in [-0.4, -0.2) is 34.7 Å². The largest absolute Gasteiger partial charge is 0.512 e. The third-order valence-corrected chi connectivity index (χ3v) is 7.46. The Balaban J connectivity index is 1.58. The van der Waals surface area contributed by atoms with Crippen LogP contribution in [0.15, 0.2) is 86.7 Å². The van der Waals surface area contributed by atoms with Crippen LogP contribution in [0.1, 0.15) is 5.56 Å². The summed E-state index contributed by atoms with van der Waals surface area (Å²) in [5.41, 5.74) is 0.699. The molecule has 5 rings (SSSR count). The maximum absolute atomic E-state index is 11.7.